The molecule has 0 saturated carbocycles. The second-order valence-electron chi connectivity index (χ2n) is 11.4. The van der Waals surface area contributed by atoms with Crippen molar-refractivity contribution in [2.45, 2.75) is 38.3 Å². The van der Waals surface area contributed by atoms with Gasteiger partial charge >= 0.3 is 12.1 Å². The molecule has 214 valence electrons. The Labute approximate surface area is 240 Å². The van der Waals surface area contributed by atoms with Crippen molar-refractivity contribution in [3.63, 3.8) is 0 Å². The van der Waals surface area contributed by atoms with Gasteiger partial charge in [0.25, 0.3) is 0 Å². The molecule has 2 unspecified atom stereocenters. The number of hydrogen-bond acceptors (Lipinski definition) is 5. The van der Waals surface area contributed by atoms with Gasteiger partial charge in [-0.25, -0.2) is 4.79 Å². The number of nitrogens with zero attached hydrogens (tertiary/aromatic N) is 2. The molecule has 3 aromatic carbocycles. The molecule has 0 radical (unpaired) electrons. The number of hydrogen-bond donors (Lipinski definition) is 2. The van der Waals surface area contributed by atoms with Gasteiger partial charge in [-0.15, -0.1) is 0 Å². The van der Waals surface area contributed by atoms with Gasteiger partial charge in [-0.1, -0.05) is 78.9 Å². The number of ether oxygens (including phenoxy) is 1. The highest BCUT2D eigenvalue weighted by Gasteiger charge is 2.41. The highest BCUT2D eigenvalue weighted by atomic mass is 16.5. The molecule has 2 atom stereocenters. The van der Waals surface area contributed by atoms with Crippen LogP contribution in [0.3, 0.4) is 0 Å². The van der Waals surface area contributed by atoms with E-state index in [1.54, 1.807) is 11.8 Å². The molecule has 2 aliphatic rings. The number of carbonyl (C=O) groups excluding carboxylic acids is 2. The number of piperidine rings is 1. The molecule has 41 heavy (non-hydrogen) atoms. The summed E-state index contributed by atoms with van der Waals surface area (Å²) in [4.78, 5) is 42.4. The molecule has 1 saturated heterocycles. The summed E-state index contributed by atoms with van der Waals surface area (Å²) in [6.07, 6.45) is 0.424. The number of carbonyl (C=O) groups is 3. The number of carboxylic acid groups (broad SMARTS) is 1. The third-order valence-electron chi connectivity index (χ3n) is 8.25. The maximum atomic E-state index is 13.8. The minimum absolute atomic E-state index is 0.0959. The Morgan fingerprint density at radius 2 is 1.61 bits per heavy atom. The predicted octanol–water partition coefficient (Wildman–Crippen LogP) is 4.74. The van der Waals surface area contributed by atoms with Crippen molar-refractivity contribution in [2.24, 2.45) is 5.41 Å². The number of alkyl carbamates (subject to hydrolysis) is 1. The zero-order chi connectivity index (χ0) is 29.0. The lowest BCUT2D eigenvalue weighted by Gasteiger charge is -2.39. The van der Waals surface area contributed by atoms with E-state index in [1.165, 1.54) is 0 Å². The summed E-state index contributed by atoms with van der Waals surface area (Å²) in [5.74, 6) is -1.32. The molecule has 8 heteroatoms. The molecule has 0 spiro atoms. The molecular formula is C33H37N3O5. The number of aliphatic carboxylic acids is 1. The molecule has 8 nitrogen and oxygen atoms in total. The summed E-state index contributed by atoms with van der Waals surface area (Å²) in [7, 11) is 1.89. The fourth-order valence-corrected chi connectivity index (χ4v) is 6.06. The van der Waals surface area contributed by atoms with Gasteiger partial charge in [-0.3, -0.25) is 14.5 Å². The zero-order valence-corrected chi connectivity index (χ0v) is 23.6. The Bertz CT molecular complexity index is 1370. The van der Waals surface area contributed by atoms with Crippen LogP contribution in [-0.2, 0) is 20.9 Å². The van der Waals surface area contributed by atoms with Gasteiger partial charge in [0.1, 0.15) is 12.6 Å². The molecule has 5 rings (SSSR count). The van der Waals surface area contributed by atoms with Crippen LogP contribution in [0.2, 0.25) is 0 Å². The van der Waals surface area contributed by atoms with Gasteiger partial charge in [0.05, 0.1) is 5.41 Å². The number of benzene rings is 3. The average Bonchev–Trinajstić information content (AvgIpc) is 3.29. The third kappa shape index (κ3) is 6.28. The van der Waals surface area contributed by atoms with Gasteiger partial charge in [0, 0.05) is 32.1 Å². The van der Waals surface area contributed by atoms with E-state index >= 15 is 0 Å². The Kier molecular flexibility index (Phi) is 8.40. The Morgan fingerprint density at radius 3 is 2.24 bits per heavy atom. The minimum Gasteiger partial charge on any atom is -0.481 e. The first-order valence-corrected chi connectivity index (χ1v) is 14.1. The number of amides is 2. The van der Waals surface area contributed by atoms with Crippen molar-refractivity contribution in [2.75, 3.05) is 33.3 Å². The summed E-state index contributed by atoms with van der Waals surface area (Å²) < 4.78 is 5.75. The topological polar surface area (TPSA) is 99.2 Å². The molecule has 1 heterocycles. The van der Waals surface area contributed by atoms with Gasteiger partial charge in [0.15, 0.2) is 0 Å². The average molecular weight is 556 g/mol. The lowest BCUT2D eigenvalue weighted by atomic mass is 9.82. The zero-order valence-electron chi connectivity index (χ0n) is 23.6. The summed E-state index contributed by atoms with van der Waals surface area (Å²) >= 11 is 0. The van der Waals surface area contributed by atoms with Crippen LogP contribution >= 0.6 is 0 Å². The Balaban J connectivity index is 1.29. The maximum Gasteiger partial charge on any atom is 0.407 e. The van der Waals surface area contributed by atoms with Gasteiger partial charge in [0.2, 0.25) is 5.91 Å². The highest BCUT2D eigenvalue weighted by Crippen LogP contribution is 2.44. The quantitative estimate of drug-likeness (QED) is 0.396. The molecule has 3 aromatic rings. The molecule has 1 fully saturated rings. The van der Waals surface area contributed by atoms with E-state index in [-0.39, 0.29) is 31.5 Å². The van der Waals surface area contributed by atoms with E-state index in [4.69, 9.17) is 4.74 Å². The number of nitrogens with one attached hydrogen (secondary N) is 1. The van der Waals surface area contributed by atoms with Crippen molar-refractivity contribution in [1.29, 1.82) is 0 Å². The summed E-state index contributed by atoms with van der Waals surface area (Å²) in [5.41, 5.74) is 4.56. The van der Waals surface area contributed by atoms with E-state index in [1.807, 2.05) is 66.5 Å². The molecule has 0 aromatic heterocycles. The SMILES string of the molecule is CN(Cc1ccccc1)CC(NC(=O)OCC1c2ccccc2-c2ccccc21)C(=O)N1CCCC(C)(C(=O)O)C1. The molecule has 2 N–H and O–H groups in total. The van der Waals surface area contributed by atoms with Gasteiger partial charge in [-0.2, -0.15) is 0 Å². The first kappa shape index (κ1) is 28.4. The molecular weight excluding hydrogens is 518 g/mol. The van der Waals surface area contributed by atoms with Crippen LogP contribution in [-0.4, -0.2) is 72.2 Å². The van der Waals surface area contributed by atoms with E-state index in [2.05, 4.69) is 29.6 Å². The number of likely N-dealkylation sites (tertiary alicyclic amines) is 1. The van der Waals surface area contributed by atoms with Crippen LogP contribution in [0.15, 0.2) is 78.9 Å². The summed E-state index contributed by atoms with van der Waals surface area (Å²) in [6, 6.07) is 25.2. The fourth-order valence-electron chi connectivity index (χ4n) is 6.06. The van der Waals surface area contributed by atoms with Crippen molar-refractivity contribution in [1.82, 2.24) is 15.1 Å². The predicted molar refractivity (Wildman–Crippen MR) is 156 cm³/mol. The summed E-state index contributed by atoms with van der Waals surface area (Å²) in [6.45, 7) is 3.20. The van der Waals surface area contributed by atoms with Crippen LogP contribution in [0.5, 0.6) is 0 Å². The Morgan fingerprint density at radius 1 is 1.00 bits per heavy atom. The summed E-state index contributed by atoms with van der Waals surface area (Å²) in [5, 5.41) is 12.6. The molecule has 1 aliphatic carbocycles. The van der Waals surface area contributed by atoms with Crippen LogP contribution in [0.4, 0.5) is 4.79 Å². The lowest BCUT2D eigenvalue weighted by Crippen LogP contribution is -2.57. The van der Waals surface area contributed by atoms with Gasteiger partial charge in [-0.05, 0) is 54.6 Å². The number of likely N-dealkylation sites (N-methyl/N-ethyl adjacent to an activating group) is 1. The van der Waals surface area contributed by atoms with Gasteiger partial charge < -0.3 is 20.1 Å². The van der Waals surface area contributed by atoms with E-state index in [9.17, 15) is 19.5 Å². The lowest BCUT2D eigenvalue weighted by molar-refractivity contribution is -0.154. The van der Waals surface area contributed by atoms with Crippen LogP contribution in [0, 0.1) is 5.41 Å². The monoisotopic (exact) mass is 555 g/mol. The maximum absolute atomic E-state index is 13.8. The highest BCUT2D eigenvalue weighted by molar-refractivity contribution is 5.87. The van der Waals surface area contributed by atoms with Crippen molar-refractivity contribution >= 4 is 18.0 Å². The second-order valence-corrected chi connectivity index (χ2v) is 11.4. The fraction of sp³-hybridized carbons (Fsp3) is 0.364. The smallest absolute Gasteiger partial charge is 0.407 e. The largest absolute Gasteiger partial charge is 0.481 e. The number of fused-ring (bicyclic) bond motifs is 3. The normalized spacial score (nSPS) is 18.9. The van der Waals surface area contributed by atoms with E-state index in [0.29, 0.717) is 25.9 Å². The Hall–Kier alpha value is -4.17. The standard InChI is InChI=1S/C33H37N3O5/c1-33(31(38)39)17-10-18-36(22-33)30(37)29(20-35(2)19-23-11-4-3-5-12-23)34-32(40)41-21-28-26-15-8-6-13-24(26)25-14-7-9-16-27(25)28/h3-9,11-16,28-29H,10,17-22H2,1-2H3,(H,34,40)(H,38,39). The van der Waals surface area contributed by atoms with Crippen LogP contribution < -0.4 is 5.32 Å². The van der Waals surface area contributed by atoms with Crippen LogP contribution in [0.25, 0.3) is 11.1 Å². The van der Waals surface area contributed by atoms with Crippen molar-refractivity contribution in [3.8, 4) is 11.1 Å². The number of carboxylic acids is 1. The van der Waals surface area contributed by atoms with E-state index in [0.717, 1.165) is 27.8 Å². The molecule has 1 aliphatic heterocycles. The molecule has 0 bridgehead atoms. The van der Waals surface area contributed by atoms with E-state index < -0.39 is 23.5 Å². The van der Waals surface area contributed by atoms with Crippen molar-refractivity contribution < 1.29 is 24.2 Å². The third-order valence-corrected chi connectivity index (χ3v) is 8.25. The first-order chi connectivity index (χ1) is 19.7. The first-order valence-electron chi connectivity index (χ1n) is 14.1. The molecule has 2 amide bonds. The second kappa shape index (κ2) is 12.1. The van der Waals surface area contributed by atoms with Crippen molar-refractivity contribution in [3.05, 3.63) is 95.6 Å². The number of rotatable bonds is 9. The minimum atomic E-state index is -1.02. The van der Waals surface area contributed by atoms with Crippen LogP contribution in [0.1, 0.15) is 42.4 Å².